The Balaban J connectivity index is 1.14. The molecular weight excluding hydrogens is 605 g/mol. The third kappa shape index (κ3) is 7.52. The summed E-state index contributed by atoms with van der Waals surface area (Å²) in [5.41, 5.74) is 2.33. The first-order chi connectivity index (χ1) is 21.7. The molecule has 2 N–H and O–H groups in total. The molecule has 0 radical (unpaired) electrons. The summed E-state index contributed by atoms with van der Waals surface area (Å²) in [6.07, 6.45) is 1.10. The molecule has 1 atom stereocenters. The van der Waals surface area contributed by atoms with E-state index in [-0.39, 0.29) is 34.9 Å². The molecule has 4 aliphatic heterocycles. The first-order valence-corrected chi connectivity index (χ1v) is 17.3. The number of piperidine rings is 1. The van der Waals surface area contributed by atoms with Crippen LogP contribution in [0.15, 0.2) is 23.1 Å². The van der Waals surface area contributed by atoms with Crippen molar-refractivity contribution in [2.45, 2.75) is 75.2 Å². The zero-order chi connectivity index (χ0) is 31.6. The number of likely N-dealkylation sites (tertiary alicyclic amines) is 3. The third-order valence-electron chi connectivity index (χ3n) is 9.58. The van der Waals surface area contributed by atoms with Crippen LogP contribution >= 0.6 is 11.8 Å². The van der Waals surface area contributed by atoms with E-state index in [1.165, 1.54) is 12.1 Å². The smallest absolute Gasteiger partial charge is 0.390 e. The molecular formula is C32H43F3N6O3S. The summed E-state index contributed by atoms with van der Waals surface area (Å²) in [5, 5.41) is 19.3. The third-order valence-corrected chi connectivity index (χ3v) is 10.6. The Morgan fingerprint density at radius 3 is 2.38 bits per heavy atom. The number of nitrogens with zero attached hydrogens (tertiary/aromatic N) is 5. The number of alkyl halides is 3. The van der Waals surface area contributed by atoms with Gasteiger partial charge in [0.25, 0.3) is 0 Å². The monoisotopic (exact) mass is 648 g/mol. The minimum absolute atomic E-state index is 0.0197. The van der Waals surface area contributed by atoms with E-state index in [9.17, 15) is 27.9 Å². The number of aromatic nitrogens is 2. The molecule has 0 aliphatic carbocycles. The van der Waals surface area contributed by atoms with Crippen molar-refractivity contribution in [2.24, 2.45) is 5.92 Å². The maximum atomic E-state index is 14.0. The van der Waals surface area contributed by atoms with E-state index in [1.54, 1.807) is 4.90 Å². The number of aliphatic hydroxyl groups is 1. The first-order valence-electron chi connectivity index (χ1n) is 16.3. The van der Waals surface area contributed by atoms with E-state index in [2.05, 4.69) is 10.2 Å². The zero-order valence-electron chi connectivity index (χ0n) is 25.7. The van der Waals surface area contributed by atoms with Crippen molar-refractivity contribution in [2.75, 3.05) is 58.1 Å². The first kappa shape index (κ1) is 32.3. The molecule has 0 bridgehead atoms. The number of aliphatic hydroxyl groups excluding tert-OH is 1. The molecule has 9 nitrogen and oxygen atoms in total. The van der Waals surface area contributed by atoms with Gasteiger partial charge in [0.1, 0.15) is 0 Å². The number of β-amino-alcohol motifs (C(OH)–C–C–N with tert-alkyl or cyclic N) is 1. The van der Waals surface area contributed by atoms with Gasteiger partial charge in [0.2, 0.25) is 11.8 Å². The number of fused-ring (bicyclic) bond motifs is 1. The van der Waals surface area contributed by atoms with Crippen molar-refractivity contribution in [3.63, 3.8) is 0 Å². The van der Waals surface area contributed by atoms with Crippen LogP contribution in [-0.4, -0.2) is 106 Å². The normalized spacial score (nSPS) is 20.5. The number of hydrogen-bond acceptors (Lipinski definition) is 7. The van der Waals surface area contributed by atoms with Crippen molar-refractivity contribution in [3.8, 4) is 11.3 Å². The Bertz CT molecular complexity index is 1360. The largest absolute Gasteiger partial charge is 0.417 e. The molecule has 3 saturated heterocycles. The zero-order valence-corrected chi connectivity index (χ0v) is 26.5. The van der Waals surface area contributed by atoms with Gasteiger partial charge in [-0.3, -0.25) is 14.3 Å². The molecule has 1 aromatic carbocycles. The van der Waals surface area contributed by atoms with Crippen LogP contribution in [0.3, 0.4) is 0 Å². The van der Waals surface area contributed by atoms with E-state index in [1.807, 2.05) is 9.58 Å². The minimum Gasteiger partial charge on any atom is -0.390 e. The van der Waals surface area contributed by atoms with Gasteiger partial charge in [0.15, 0.2) is 0 Å². The van der Waals surface area contributed by atoms with Gasteiger partial charge in [-0.2, -0.15) is 18.3 Å². The SMILES string of the molecule is O=C(CSc1cc(-c2nn(CC(O)CN3CCC(C(=O)N4CCCC4)CC3)c3c2CNCC3)ccc1C(F)(F)F)N1CCCC1. The summed E-state index contributed by atoms with van der Waals surface area (Å²) < 4.78 is 43.7. The molecule has 1 aromatic heterocycles. The summed E-state index contributed by atoms with van der Waals surface area (Å²) in [6, 6.07) is 4.06. The van der Waals surface area contributed by atoms with E-state index in [0.29, 0.717) is 43.9 Å². The lowest BCUT2D eigenvalue weighted by Crippen LogP contribution is -2.44. The highest BCUT2D eigenvalue weighted by atomic mass is 32.2. The average Bonchev–Trinajstić information content (AvgIpc) is 3.82. The van der Waals surface area contributed by atoms with Crippen molar-refractivity contribution in [1.82, 2.24) is 29.8 Å². The van der Waals surface area contributed by atoms with E-state index in [4.69, 9.17) is 5.10 Å². The van der Waals surface area contributed by atoms with Gasteiger partial charge in [-0.05, 0) is 63.7 Å². The van der Waals surface area contributed by atoms with Crippen LogP contribution in [0.5, 0.6) is 0 Å². The average molecular weight is 649 g/mol. The van der Waals surface area contributed by atoms with Crippen molar-refractivity contribution in [3.05, 3.63) is 35.0 Å². The Kier molecular flexibility index (Phi) is 10.1. The molecule has 1 unspecified atom stereocenters. The van der Waals surface area contributed by atoms with Gasteiger partial charge >= 0.3 is 6.18 Å². The summed E-state index contributed by atoms with van der Waals surface area (Å²) in [7, 11) is 0. The standard InChI is InChI=1S/C32H43F3N6O3S/c33-32(34,35)26-6-5-23(17-28(26)45-21-29(43)39-11-1-2-12-39)30-25-18-36-10-7-27(25)41(37-30)20-24(42)19-38-15-8-22(9-16-38)31(44)40-13-3-4-14-40/h5-6,17,22,24,36,42H,1-4,7-16,18-21H2. The van der Waals surface area contributed by atoms with Gasteiger partial charge in [-0.1, -0.05) is 6.07 Å². The Morgan fingerprint density at radius 1 is 1.00 bits per heavy atom. The van der Waals surface area contributed by atoms with E-state index in [0.717, 1.165) is 100 Å². The second-order valence-electron chi connectivity index (χ2n) is 12.7. The number of carbonyl (C=O) groups excluding carboxylic acids is 2. The minimum atomic E-state index is -4.54. The Morgan fingerprint density at radius 2 is 1.69 bits per heavy atom. The molecule has 3 fully saturated rings. The van der Waals surface area contributed by atoms with Crippen LogP contribution in [0.1, 0.15) is 55.3 Å². The van der Waals surface area contributed by atoms with Gasteiger partial charge in [-0.15, -0.1) is 11.8 Å². The predicted octanol–water partition coefficient (Wildman–Crippen LogP) is 3.62. The van der Waals surface area contributed by atoms with Crippen molar-refractivity contribution in [1.29, 1.82) is 0 Å². The molecule has 246 valence electrons. The summed E-state index contributed by atoms with van der Waals surface area (Å²) in [6.45, 7) is 6.62. The van der Waals surface area contributed by atoms with Crippen LogP contribution in [0.4, 0.5) is 13.2 Å². The predicted molar refractivity (Wildman–Crippen MR) is 166 cm³/mol. The Hall–Kier alpha value is -2.61. The van der Waals surface area contributed by atoms with Crippen LogP contribution in [0.2, 0.25) is 0 Å². The fraction of sp³-hybridized carbons (Fsp3) is 0.656. The highest BCUT2D eigenvalue weighted by Gasteiger charge is 2.35. The number of hydrogen-bond donors (Lipinski definition) is 2. The van der Waals surface area contributed by atoms with Crippen LogP contribution < -0.4 is 5.32 Å². The second-order valence-corrected chi connectivity index (χ2v) is 13.7. The highest BCUT2D eigenvalue weighted by Crippen LogP contribution is 2.40. The molecule has 0 saturated carbocycles. The lowest BCUT2D eigenvalue weighted by Gasteiger charge is -2.34. The number of thioether (sulfide) groups is 1. The quantitative estimate of drug-likeness (QED) is 0.402. The molecule has 13 heteroatoms. The lowest BCUT2D eigenvalue weighted by atomic mass is 9.95. The molecule has 45 heavy (non-hydrogen) atoms. The number of halogens is 3. The molecule has 6 rings (SSSR count). The second kappa shape index (κ2) is 14.0. The van der Waals surface area contributed by atoms with Gasteiger partial charge in [0.05, 0.1) is 29.7 Å². The van der Waals surface area contributed by atoms with Gasteiger partial charge in [-0.25, -0.2) is 0 Å². The number of nitrogens with one attached hydrogen (secondary N) is 1. The van der Waals surface area contributed by atoms with E-state index < -0.39 is 17.8 Å². The maximum Gasteiger partial charge on any atom is 0.417 e. The van der Waals surface area contributed by atoms with Crippen LogP contribution in [0, 0.1) is 5.92 Å². The Labute approximate surface area is 266 Å². The fourth-order valence-corrected chi connectivity index (χ4v) is 8.15. The highest BCUT2D eigenvalue weighted by molar-refractivity contribution is 8.00. The molecule has 2 amide bonds. The number of carbonyl (C=O) groups is 2. The topological polar surface area (TPSA) is 93.9 Å². The summed E-state index contributed by atoms with van der Waals surface area (Å²) in [5.74, 6) is 0.157. The van der Waals surface area contributed by atoms with Crippen molar-refractivity contribution < 1.29 is 27.9 Å². The van der Waals surface area contributed by atoms with Gasteiger partial charge in [0, 0.05) is 79.9 Å². The number of rotatable bonds is 9. The lowest BCUT2D eigenvalue weighted by molar-refractivity contribution is -0.140. The maximum absolute atomic E-state index is 14.0. The number of benzene rings is 1. The summed E-state index contributed by atoms with van der Waals surface area (Å²) in [4.78, 5) is 31.4. The molecule has 4 aliphatic rings. The fourth-order valence-electron chi connectivity index (χ4n) is 7.14. The van der Waals surface area contributed by atoms with Gasteiger partial charge < -0.3 is 25.1 Å². The molecule has 0 spiro atoms. The molecule has 5 heterocycles. The van der Waals surface area contributed by atoms with Crippen LogP contribution in [-0.2, 0) is 35.3 Å². The van der Waals surface area contributed by atoms with E-state index >= 15 is 0 Å². The number of amides is 2. The van der Waals surface area contributed by atoms with Crippen molar-refractivity contribution >= 4 is 23.6 Å². The molecule has 2 aromatic rings. The van der Waals surface area contributed by atoms with Crippen LogP contribution in [0.25, 0.3) is 11.3 Å². The summed E-state index contributed by atoms with van der Waals surface area (Å²) >= 11 is 0.930.